The molecule has 4 nitrogen and oxygen atoms in total. The standard InChI is InChI=1S/C17H25NO3S/c1-5-19-15-9-8-14(10-13(4)11-22-12-18)16(20-6-2)17(15)21-7-3/h8-9,13H,5-7,10-11H2,1-4H3. The van der Waals surface area contributed by atoms with Gasteiger partial charge < -0.3 is 14.2 Å². The van der Waals surface area contributed by atoms with Crippen molar-refractivity contribution in [2.24, 2.45) is 5.92 Å². The van der Waals surface area contributed by atoms with Crippen LogP contribution in [-0.4, -0.2) is 25.6 Å². The average molecular weight is 323 g/mol. The van der Waals surface area contributed by atoms with Gasteiger partial charge in [-0.2, -0.15) is 5.26 Å². The van der Waals surface area contributed by atoms with E-state index in [1.54, 1.807) is 0 Å². The van der Waals surface area contributed by atoms with Crippen LogP contribution in [0.3, 0.4) is 0 Å². The van der Waals surface area contributed by atoms with E-state index in [1.165, 1.54) is 11.8 Å². The fourth-order valence-electron chi connectivity index (χ4n) is 2.21. The molecule has 0 spiro atoms. The monoisotopic (exact) mass is 323 g/mol. The van der Waals surface area contributed by atoms with Gasteiger partial charge in [-0.1, -0.05) is 13.0 Å². The largest absolute Gasteiger partial charge is 0.490 e. The van der Waals surface area contributed by atoms with Crippen LogP contribution in [0, 0.1) is 16.6 Å². The molecule has 1 unspecified atom stereocenters. The third-order valence-electron chi connectivity index (χ3n) is 3.04. The third-order valence-corrected chi connectivity index (χ3v) is 3.90. The van der Waals surface area contributed by atoms with E-state index in [9.17, 15) is 0 Å². The molecule has 0 radical (unpaired) electrons. The predicted octanol–water partition coefficient (Wildman–Crippen LogP) is 4.28. The van der Waals surface area contributed by atoms with Crippen molar-refractivity contribution in [1.29, 1.82) is 5.26 Å². The van der Waals surface area contributed by atoms with Crippen LogP contribution >= 0.6 is 11.8 Å². The minimum atomic E-state index is 0.385. The summed E-state index contributed by atoms with van der Waals surface area (Å²) in [5.41, 5.74) is 1.10. The number of nitriles is 1. The van der Waals surface area contributed by atoms with Crippen LogP contribution in [0.25, 0.3) is 0 Å². The molecule has 1 aromatic rings. The third kappa shape index (κ3) is 5.34. The molecule has 0 heterocycles. The molecule has 1 rings (SSSR count). The van der Waals surface area contributed by atoms with Gasteiger partial charge in [-0.05, 0) is 56.5 Å². The highest BCUT2D eigenvalue weighted by atomic mass is 32.2. The summed E-state index contributed by atoms with van der Waals surface area (Å²) in [4.78, 5) is 0. The molecular weight excluding hydrogens is 298 g/mol. The summed E-state index contributed by atoms with van der Waals surface area (Å²) in [5, 5.41) is 10.8. The summed E-state index contributed by atoms with van der Waals surface area (Å²) in [5.74, 6) is 3.36. The van der Waals surface area contributed by atoms with Crippen LogP contribution < -0.4 is 14.2 Å². The minimum absolute atomic E-state index is 0.385. The number of thioether (sulfide) groups is 1. The molecule has 0 fully saturated rings. The summed E-state index contributed by atoms with van der Waals surface area (Å²) in [6, 6.07) is 3.97. The van der Waals surface area contributed by atoms with Crippen LogP contribution in [0.2, 0.25) is 0 Å². The Morgan fingerprint density at radius 3 is 2.27 bits per heavy atom. The molecule has 1 aromatic carbocycles. The predicted molar refractivity (Wildman–Crippen MR) is 90.9 cm³/mol. The van der Waals surface area contributed by atoms with Gasteiger partial charge in [-0.15, -0.1) is 0 Å². The second kappa shape index (κ2) is 10.2. The van der Waals surface area contributed by atoms with E-state index < -0.39 is 0 Å². The molecule has 22 heavy (non-hydrogen) atoms. The summed E-state index contributed by atoms with van der Waals surface area (Å²) < 4.78 is 17.3. The Bertz CT molecular complexity index is 499. The van der Waals surface area contributed by atoms with E-state index in [4.69, 9.17) is 19.5 Å². The van der Waals surface area contributed by atoms with Crippen molar-refractivity contribution in [1.82, 2.24) is 0 Å². The van der Waals surface area contributed by atoms with Crippen molar-refractivity contribution in [2.45, 2.75) is 34.1 Å². The van der Waals surface area contributed by atoms with Crippen molar-refractivity contribution in [3.8, 4) is 22.6 Å². The Morgan fingerprint density at radius 1 is 1.05 bits per heavy atom. The van der Waals surface area contributed by atoms with E-state index in [2.05, 4.69) is 12.3 Å². The smallest absolute Gasteiger partial charge is 0.203 e. The highest BCUT2D eigenvalue weighted by Gasteiger charge is 2.18. The van der Waals surface area contributed by atoms with Gasteiger partial charge in [0, 0.05) is 5.75 Å². The molecule has 0 saturated heterocycles. The summed E-state index contributed by atoms with van der Waals surface area (Å²) >= 11 is 1.29. The van der Waals surface area contributed by atoms with E-state index in [-0.39, 0.29) is 0 Å². The van der Waals surface area contributed by atoms with Gasteiger partial charge in [0.05, 0.1) is 19.8 Å². The molecule has 0 aromatic heterocycles. The minimum Gasteiger partial charge on any atom is -0.490 e. The number of thiocyanates is 1. The SMILES string of the molecule is CCOc1ccc(CC(C)CSC#N)c(OCC)c1OCC. The maximum atomic E-state index is 8.68. The van der Waals surface area contributed by atoms with Crippen LogP contribution in [-0.2, 0) is 6.42 Å². The Balaban J connectivity index is 3.09. The number of hydrogen-bond acceptors (Lipinski definition) is 5. The fourth-order valence-corrected chi connectivity index (χ4v) is 2.69. The first kappa shape index (κ1) is 18.5. The zero-order valence-electron chi connectivity index (χ0n) is 13.8. The van der Waals surface area contributed by atoms with Crippen molar-refractivity contribution in [3.63, 3.8) is 0 Å². The highest BCUT2D eigenvalue weighted by molar-refractivity contribution is 8.03. The molecule has 0 aliphatic carbocycles. The topological polar surface area (TPSA) is 51.5 Å². The summed E-state index contributed by atoms with van der Waals surface area (Å²) in [7, 11) is 0. The van der Waals surface area contributed by atoms with Crippen LogP contribution in [0.5, 0.6) is 17.2 Å². The molecule has 122 valence electrons. The van der Waals surface area contributed by atoms with E-state index in [0.717, 1.165) is 29.2 Å². The number of benzene rings is 1. The fraction of sp³-hybridized carbons (Fsp3) is 0.588. The first-order valence-electron chi connectivity index (χ1n) is 7.72. The molecule has 0 aliphatic heterocycles. The van der Waals surface area contributed by atoms with Crippen molar-refractivity contribution < 1.29 is 14.2 Å². The maximum Gasteiger partial charge on any atom is 0.203 e. The molecule has 0 amide bonds. The Morgan fingerprint density at radius 2 is 1.68 bits per heavy atom. The lowest BCUT2D eigenvalue weighted by atomic mass is 10.0. The Kier molecular flexibility index (Phi) is 8.61. The number of ether oxygens (including phenoxy) is 3. The van der Waals surface area contributed by atoms with E-state index >= 15 is 0 Å². The second-order valence-electron chi connectivity index (χ2n) is 4.89. The molecule has 1 atom stereocenters. The molecule has 0 saturated carbocycles. The second-order valence-corrected chi connectivity index (χ2v) is 5.70. The normalized spacial score (nSPS) is 11.6. The van der Waals surface area contributed by atoms with E-state index in [1.807, 2.05) is 32.9 Å². The summed E-state index contributed by atoms with van der Waals surface area (Å²) in [6.45, 7) is 9.71. The van der Waals surface area contributed by atoms with Gasteiger partial charge in [-0.3, -0.25) is 0 Å². The van der Waals surface area contributed by atoms with Crippen LogP contribution in [0.15, 0.2) is 12.1 Å². The van der Waals surface area contributed by atoms with Gasteiger partial charge in [-0.25, -0.2) is 0 Å². The van der Waals surface area contributed by atoms with Crippen molar-refractivity contribution in [3.05, 3.63) is 17.7 Å². The van der Waals surface area contributed by atoms with Gasteiger partial charge >= 0.3 is 0 Å². The average Bonchev–Trinajstić information content (AvgIpc) is 2.51. The van der Waals surface area contributed by atoms with Crippen LogP contribution in [0.1, 0.15) is 33.3 Å². The lowest BCUT2D eigenvalue weighted by Crippen LogP contribution is -2.08. The maximum absolute atomic E-state index is 8.68. The van der Waals surface area contributed by atoms with Crippen LogP contribution in [0.4, 0.5) is 0 Å². The molecule has 5 heteroatoms. The van der Waals surface area contributed by atoms with Crippen molar-refractivity contribution in [2.75, 3.05) is 25.6 Å². The highest BCUT2D eigenvalue weighted by Crippen LogP contribution is 2.41. The number of nitrogens with zero attached hydrogens (tertiary/aromatic N) is 1. The van der Waals surface area contributed by atoms with Gasteiger partial charge in [0.2, 0.25) is 5.75 Å². The summed E-state index contributed by atoms with van der Waals surface area (Å²) in [6.07, 6.45) is 0.844. The quantitative estimate of drug-likeness (QED) is 0.602. The Hall–Kier alpha value is -1.54. The zero-order chi connectivity index (χ0) is 16.4. The Labute approximate surface area is 137 Å². The first-order valence-corrected chi connectivity index (χ1v) is 8.71. The van der Waals surface area contributed by atoms with Gasteiger partial charge in [0.1, 0.15) is 5.40 Å². The molecule has 0 aliphatic rings. The first-order chi connectivity index (χ1) is 10.7. The lowest BCUT2D eigenvalue weighted by molar-refractivity contribution is 0.258. The lowest BCUT2D eigenvalue weighted by Gasteiger charge is -2.20. The van der Waals surface area contributed by atoms with Gasteiger partial charge in [0.15, 0.2) is 11.5 Å². The molecule has 0 bridgehead atoms. The molecule has 0 N–H and O–H groups in total. The number of hydrogen-bond donors (Lipinski definition) is 0. The van der Waals surface area contributed by atoms with Gasteiger partial charge in [0.25, 0.3) is 0 Å². The van der Waals surface area contributed by atoms with E-state index in [0.29, 0.717) is 31.5 Å². The molecular formula is C17H25NO3S. The zero-order valence-corrected chi connectivity index (χ0v) is 14.7. The number of rotatable bonds is 10. The van der Waals surface area contributed by atoms with Crippen molar-refractivity contribution >= 4 is 11.8 Å².